The van der Waals surface area contributed by atoms with E-state index in [9.17, 15) is 41.0 Å². The highest BCUT2D eigenvalue weighted by atomic mass is 19.4. The van der Waals surface area contributed by atoms with Crippen molar-refractivity contribution in [3.8, 4) is 5.75 Å². The number of piperazine rings is 1. The lowest BCUT2D eigenvalue weighted by Crippen LogP contribution is -2.49. The first-order valence-corrected chi connectivity index (χ1v) is 10.1. The van der Waals surface area contributed by atoms with Crippen molar-refractivity contribution in [2.45, 2.75) is 50.4 Å². The average molecular weight is 484 g/mol. The third-order valence-electron chi connectivity index (χ3n) is 5.48. The molecule has 0 radical (unpaired) electrons. The van der Waals surface area contributed by atoms with Gasteiger partial charge < -0.3 is 19.5 Å². The number of carbonyl (C=O) groups is 2. The first-order valence-electron chi connectivity index (χ1n) is 10.1. The van der Waals surface area contributed by atoms with Gasteiger partial charge in [0.1, 0.15) is 5.75 Å². The smallest absolute Gasteiger partial charge is 0.425 e. The van der Waals surface area contributed by atoms with Gasteiger partial charge in [-0.3, -0.25) is 4.90 Å². The molecule has 1 saturated carbocycles. The Balaban J connectivity index is 1.64. The fraction of sp³-hybridized carbons (Fsp3) is 0.600. The Bertz CT molecular complexity index is 892. The number of aliphatic carboxylic acids is 1. The number of nitrogens with zero attached hydrogens (tertiary/aromatic N) is 2. The summed E-state index contributed by atoms with van der Waals surface area (Å²) in [6, 6.07) is 3.02. The second kappa shape index (κ2) is 8.92. The highest BCUT2D eigenvalue weighted by Gasteiger charge is 2.53. The van der Waals surface area contributed by atoms with Crippen LogP contribution in [0, 0.1) is 0 Å². The summed E-state index contributed by atoms with van der Waals surface area (Å²) in [7, 11) is 0. The molecule has 0 bridgehead atoms. The highest BCUT2D eigenvalue weighted by molar-refractivity contribution is 5.81. The number of rotatable bonds is 6. The first-order chi connectivity index (χ1) is 15.2. The summed E-state index contributed by atoms with van der Waals surface area (Å²) in [4.78, 5) is 26.1. The topological polar surface area (TPSA) is 79.3 Å². The van der Waals surface area contributed by atoms with Crippen molar-refractivity contribution in [1.29, 1.82) is 0 Å². The van der Waals surface area contributed by atoms with Crippen molar-refractivity contribution in [2.24, 2.45) is 0 Å². The van der Waals surface area contributed by atoms with Gasteiger partial charge in [-0.15, -0.1) is 0 Å². The van der Waals surface area contributed by atoms with Crippen LogP contribution in [0.1, 0.15) is 30.9 Å². The Kier molecular flexibility index (Phi) is 6.74. The fourth-order valence-corrected chi connectivity index (χ4v) is 3.31. The molecule has 1 heterocycles. The molecule has 13 heteroatoms. The molecule has 1 atom stereocenters. The number of hydrogen-bond donors (Lipinski definition) is 1. The Morgan fingerprint density at radius 3 is 2.15 bits per heavy atom. The second-order valence-electron chi connectivity index (χ2n) is 8.10. The molecule has 1 aliphatic heterocycles. The largest absolute Gasteiger partial charge is 0.478 e. The summed E-state index contributed by atoms with van der Waals surface area (Å²) in [5.74, 6) is -1.45. The zero-order valence-electron chi connectivity index (χ0n) is 17.5. The highest BCUT2D eigenvalue weighted by Crippen LogP contribution is 2.42. The van der Waals surface area contributed by atoms with E-state index in [0.29, 0.717) is 0 Å². The van der Waals surface area contributed by atoms with E-state index in [1.807, 2.05) is 0 Å². The first kappa shape index (κ1) is 24.9. The molecule has 1 aromatic rings. The van der Waals surface area contributed by atoms with Crippen molar-refractivity contribution in [3.05, 3.63) is 29.3 Å². The zero-order chi connectivity index (χ0) is 24.6. The van der Waals surface area contributed by atoms with E-state index < -0.39 is 41.7 Å². The lowest BCUT2D eigenvalue weighted by atomic mass is 10.1. The number of benzene rings is 1. The fourth-order valence-electron chi connectivity index (χ4n) is 3.31. The molecule has 1 aromatic carbocycles. The van der Waals surface area contributed by atoms with Gasteiger partial charge in [-0.2, -0.15) is 26.3 Å². The number of carboxylic acids is 1. The van der Waals surface area contributed by atoms with Crippen LogP contribution in [0.25, 0.3) is 0 Å². The van der Waals surface area contributed by atoms with Crippen LogP contribution in [0.4, 0.5) is 31.1 Å². The van der Waals surface area contributed by atoms with Gasteiger partial charge in [-0.25, -0.2) is 9.59 Å². The Morgan fingerprint density at radius 2 is 1.67 bits per heavy atom. The number of amides is 1. The maximum atomic E-state index is 13.3. The van der Waals surface area contributed by atoms with Crippen molar-refractivity contribution in [1.82, 2.24) is 9.80 Å². The molecule has 1 N–H and O–H groups in total. The van der Waals surface area contributed by atoms with Crippen LogP contribution in [0.3, 0.4) is 0 Å². The Hall–Kier alpha value is -2.70. The van der Waals surface area contributed by atoms with Gasteiger partial charge in [0.25, 0.3) is 0 Å². The molecule has 2 aliphatic rings. The van der Waals surface area contributed by atoms with Crippen molar-refractivity contribution >= 4 is 12.1 Å². The van der Waals surface area contributed by atoms with Gasteiger partial charge in [0.05, 0.1) is 5.56 Å². The molecular formula is C20H22F6N2O5. The molecule has 1 amide bonds. The maximum absolute atomic E-state index is 13.3. The summed E-state index contributed by atoms with van der Waals surface area (Å²) in [6.07, 6.45) is -12.3. The van der Waals surface area contributed by atoms with Gasteiger partial charge >= 0.3 is 24.4 Å². The molecule has 1 aliphatic carbocycles. The molecule has 1 saturated heterocycles. The molecule has 184 valence electrons. The summed E-state index contributed by atoms with van der Waals surface area (Å²) in [5.41, 5.74) is -2.27. The monoisotopic (exact) mass is 484 g/mol. The number of halogens is 6. The van der Waals surface area contributed by atoms with Gasteiger partial charge in [0, 0.05) is 45.6 Å². The number of alkyl halides is 6. The van der Waals surface area contributed by atoms with Crippen molar-refractivity contribution in [2.75, 3.05) is 26.2 Å². The van der Waals surface area contributed by atoms with Crippen LogP contribution >= 0.6 is 0 Å². The molecule has 7 nitrogen and oxygen atoms in total. The molecule has 0 aromatic heterocycles. The third-order valence-corrected chi connectivity index (χ3v) is 5.48. The van der Waals surface area contributed by atoms with E-state index in [0.717, 1.165) is 24.0 Å². The molecular weight excluding hydrogens is 462 g/mol. The molecule has 1 unspecified atom stereocenters. The van der Waals surface area contributed by atoms with Crippen LogP contribution in [0.5, 0.6) is 5.75 Å². The lowest BCUT2D eigenvalue weighted by molar-refractivity contribution is -0.200. The predicted octanol–water partition coefficient (Wildman–Crippen LogP) is 3.91. The SMILES string of the molecule is CC(OC(=O)N1CCN(Cc2cc(OC3(C(=O)O)CC3)cc(C(F)(F)F)c2)CC1)C(F)(F)F. The maximum Gasteiger partial charge on any atom is 0.425 e. The third kappa shape index (κ3) is 6.21. The van der Waals surface area contributed by atoms with Crippen LogP contribution in [0.15, 0.2) is 18.2 Å². The predicted molar refractivity (Wildman–Crippen MR) is 101 cm³/mol. The van der Waals surface area contributed by atoms with E-state index in [1.165, 1.54) is 6.07 Å². The van der Waals surface area contributed by atoms with E-state index in [2.05, 4.69) is 4.74 Å². The van der Waals surface area contributed by atoms with Crippen LogP contribution in [0.2, 0.25) is 0 Å². The summed E-state index contributed by atoms with van der Waals surface area (Å²) >= 11 is 0. The molecule has 2 fully saturated rings. The second-order valence-corrected chi connectivity index (χ2v) is 8.10. The summed E-state index contributed by atoms with van der Waals surface area (Å²) in [6.45, 7) is 1.23. The lowest BCUT2D eigenvalue weighted by Gasteiger charge is -2.34. The summed E-state index contributed by atoms with van der Waals surface area (Å²) in [5, 5.41) is 9.23. The van der Waals surface area contributed by atoms with Crippen LogP contribution in [-0.2, 0) is 22.3 Å². The van der Waals surface area contributed by atoms with E-state index in [1.54, 1.807) is 4.90 Å². The molecule has 33 heavy (non-hydrogen) atoms. The van der Waals surface area contributed by atoms with Gasteiger partial charge in [0.2, 0.25) is 5.60 Å². The van der Waals surface area contributed by atoms with Gasteiger partial charge in [0.15, 0.2) is 6.10 Å². The number of carbonyl (C=O) groups excluding carboxylic acids is 1. The van der Waals surface area contributed by atoms with E-state index in [4.69, 9.17) is 4.74 Å². The van der Waals surface area contributed by atoms with Crippen molar-refractivity contribution in [3.63, 3.8) is 0 Å². The minimum absolute atomic E-state index is 0.0356. The minimum atomic E-state index is -4.68. The van der Waals surface area contributed by atoms with Gasteiger partial charge in [-0.05, 0) is 30.7 Å². The summed E-state index contributed by atoms with van der Waals surface area (Å²) < 4.78 is 87.5. The molecule has 0 spiro atoms. The molecule has 3 rings (SSSR count). The quantitative estimate of drug-likeness (QED) is 0.617. The normalized spacial score (nSPS) is 19.7. The van der Waals surface area contributed by atoms with E-state index >= 15 is 0 Å². The van der Waals surface area contributed by atoms with Gasteiger partial charge in [-0.1, -0.05) is 0 Å². The number of hydrogen-bond acceptors (Lipinski definition) is 5. The Morgan fingerprint density at radius 1 is 1.06 bits per heavy atom. The van der Waals surface area contributed by atoms with Crippen LogP contribution in [-0.4, -0.2) is 71.0 Å². The minimum Gasteiger partial charge on any atom is -0.478 e. The number of ether oxygens (including phenoxy) is 2. The van der Waals surface area contributed by atoms with E-state index in [-0.39, 0.29) is 56.9 Å². The Labute approximate surface area is 184 Å². The van der Waals surface area contributed by atoms with Crippen molar-refractivity contribution < 1.29 is 50.5 Å². The number of carboxylic acid groups (broad SMARTS) is 1. The average Bonchev–Trinajstić information content (AvgIpc) is 3.47. The van der Waals surface area contributed by atoms with Crippen LogP contribution < -0.4 is 4.74 Å². The zero-order valence-corrected chi connectivity index (χ0v) is 17.5. The standard InChI is InChI=1S/C20H22F6N2O5/c1-12(19(21,22)23)32-17(31)28-6-4-27(5-7-28)11-13-8-14(20(24,25)26)10-15(9-13)33-18(2-3-18)16(29)30/h8-10,12H,2-7,11H2,1H3,(H,29,30).